The Kier molecular flexibility index (Phi) is 4.91. The number of benzene rings is 3. The van der Waals surface area contributed by atoms with Crippen molar-refractivity contribution in [3.8, 4) is 16.9 Å². The second kappa shape index (κ2) is 7.55. The highest BCUT2D eigenvalue weighted by Gasteiger charge is 2.38. The largest absolute Gasteiger partial charge is 0.508 e. The molecule has 0 spiro atoms. The lowest BCUT2D eigenvalue weighted by molar-refractivity contribution is -0.144. The molecule has 6 nitrogen and oxygen atoms in total. The number of carbonyl (C=O) groups is 2. The van der Waals surface area contributed by atoms with E-state index in [2.05, 4.69) is 5.32 Å². The molecule has 1 aliphatic carbocycles. The van der Waals surface area contributed by atoms with E-state index in [1.165, 1.54) is 31.2 Å². The molecule has 3 aromatic rings. The minimum atomic E-state index is -1.70. The number of alkyl carbamates (subject to hydrolysis) is 1. The van der Waals surface area contributed by atoms with Gasteiger partial charge in [-0.05, 0) is 46.9 Å². The maximum Gasteiger partial charge on any atom is 0.408 e. The van der Waals surface area contributed by atoms with Crippen LogP contribution in [-0.2, 0) is 15.1 Å². The summed E-state index contributed by atoms with van der Waals surface area (Å²) in [6.45, 7) is 1.47. The minimum Gasteiger partial charge on any atom is -0.508 e. The molecule has 0 aromatic heterocycles. The number of amides is 1. The molecule has 0 saturated carbocycles. The molecule has 0 heterocycles. The van der Waals surface area contributed by atoms with Crippen LogP contribution in [0, 0.1) is 0 Å². The van der Waals surface area contributed by atoms with E-state index in [1.807, 2.05) is 48.5 Å². The summed E-state index contributed by atoms with van der Waals surface area (Å²) in [6.07, 6.45) is -0.824. The molecule has 152 valence electrons. The molecule has 3 N–H and O–H groups in total. The van der Waals surface area contributed by atoms with Crippen molar-refractivity contribution in [1.29, 1.82) is 0 Å². The summed E-state index contributed by atoms with van der Waals surface area (Å²) < 4.78 is 5.47. The van der Waals surface area contributed by atoms with E-state index < -0.39 is 17.6 Å². The number of carboxylic acids is 1. The number of fused-ring (bicyclic) bond motifs is 3. The van der Waals surface area contributed by atoms with E-state index in [-0.39, 0.29) is 18.3 Å². The van der Waals surface area contributed by atoms with Gasteiger partial charge in [-0.2, -0.15) is 0 Å². The van der Waals surface area contributed by atoms with Gasteiger partial charge < -0.3 is 20.3 Å². The van der Waals surface area contributed by atoms with Gasteiger partial charge in [0.25, 0.3) is 0 Å². The van der Waals surface area contributed by atoms with E-state index in [4.69, 9.17) is 4.74 Å². The van der Waals surface area contributed by atoms with Crippen LogP contribution in [0.1, 0.15) is 29.5 Å². The summed E-state index contributed by atoms with van der Waals surface area (Å²) >= 11 is 0. The number of hydrogen-bond donors (Lipinski definition) is 3. The molecule has 1 aliphatic rings. The van der Waals surface area contributed by atoms with Gasteiger partial charge in [0.05, 0.1) is 0 Å². The Balaban J connectivity index is 1.52. The van der Waals surface area contributed by atoms with Crippen LogP contribution in [0.3, 0.4) is 0 Å². The third-order valence-corrected chi connectivity index (χ3v) is 5.57. The Bertz CT molecular complexity index is 1060. The van der Waals surface area contributed by atoms with Gasteiger partial charge in [0.15, 0.2) is 5.54 Å². The van der Waals surface area contributed by atoms with Gasteiger partial charge in [0.1, 0.15) is 12.4 Å². The number of ether oxygens (including phenoxy) is 1. The lowest BCUT2D eigenvalue weighted by Crippen LogP contribution is -2.49. The van der Waals surface area contributed by atoms with Crippen LogP contribution >= 0.6 is 0 Å². The molecule has 3 aromatic carbocycles. The van der Waals surface area contributed by atoms with Gasteiger partial charge >= 0.3 is 12.1 Å². The van der Waals surface area contributed by atoms with Crippen molar-refractivity contribution in [2.24, 2.45) is 0 Å². The van der Waals surface area contributed by atoms with Crippen molar-refractivity contribution in [2.45, 2.75) is 18.4 Å². The Morgan fingerprint density at radius 2 is 1.47 bits per heavy atom. The van der Waals surface area contributed by atoms with E-state index in [9.17, 15) is 19.8 Å². The Morgan fingerprint density at radius 3 is 2.00 bits per heavy atom. The topological polar surface area (TPSA) is 95.9 Å². The van der Waals surface area contributed by atoms with Crippen LogP contribution in [0.4, 0.5) is 4.79 Å². The third kappa shape index (κ3) is 3.37. The summed E-state index contributed by atoms with van der Waals surface area (Å²) in [6, 6.07) is 21.6. The molecule has 6 heteroatoms. The van der Waals surface area contributed by atoms with Crippen LogP contribution in [0.5, 0.6) is 5.75 Å². The number of hydrogen-bond acceptors (Lipinski definition) is 4. The normalized spacial score (nSPS) is 14.3. The lowest BCUT2D eigenvalue weighted by Gasteiger charge is -2.26. The van der Waals surface area contributed by atoms with Gasteiger partial charge in [-0.3, -0.25) is 0 Å². The van der Waals surface area contributed by atoms with Crippen molar-refractivity contribution in [3.05, 3.63) is 89.5 Å². The predicted octanol–water partition coefficient (Wildman–Crippen LogP) is 4.23. The maximum absolute atomic E-state index is 12.5. The van der Waals surface area contributed by atoms with Gasteiger partial charge in [-0.25, -0.2) is 9.59 Å². The fourth-order valence-electron chi connectivity index (χ4n) is 3.88. The Morgan fingerprint density at radius 1 is 0.933 bits per heavy atom. The quantitative estimate of drug-likeness (QED) is 0.592. The van der Waals surface area contributed by atoms with Gasteiger partial charge in [-0.1, -0.05) is 60.7 Å². The molecular weight excluding hydrogens is 382 g/mol. The second-order valence-electron chi connectivity index (χ2n) is 7.43. The molecule has 0 bridgehead atoms. The van der Waals surface area contributed by atoms with E-state index in [1.54, 1.807) is 0 Å². The fourth-order valence-corrected chi connectivity index (χ4v) is 3.88. The number of aromatic hydroxyl groups is 1. The van der Waals surface area contributed by atoms with Crippen molar-refractivity contribution in [2.75, 3.05) is 6.61 Å². The zero-order valence-electron chi connectivity index (χ0n) is 16.3. The fraction of sp³-hybridized carbons (Fsp3) is 0.167. The highest BCUT2D eigenvalue weighted by molar-refractivity contribution is 5.85. The SMILES string of the molecule is C[C@](NC(=O)OCC1c2ccccc2-c2ccccc21)(C(=O)O)c1ccc(O)cc1. The van der Waals surface area contributed by atoms with Crippen molar-refractivity contribution in [1.82, 2.24) is 5.32 Å². The first kappa shape index (κ1) is 19.5. The number of nitrogens with one attached hydrogen (secondary N) is 1. The molecule has 0 radical (unpaired) electrons. The first-order chi connectivity index (χ1) is 14.4. The zero-order chi connectivity index (χ0) is 21.3. The Labute approximate surface area is 173 Å². The molecule has 0 saturated heterocycles. The first-order valence-corrected chi connectivity index (χ1v) is 9.56. The molecule has 0 unspecified atom stereocenters. The summed E-state index contributed by atoms with van der Waals surface area (Å²) in [7, 11) is 0. The summed E-state index contributed by atoms with van der Waals surface area (Å²) in [4.78, 5) is 24.4. The van der Waals surface area contributed by atoms with Crippen molar-refractivity contribution in [3.63, 3.8) is 0 Å². The van der Waals surface area contributed by atoms with E-state index in [0.717, 1.165) is 22.3 Å². The number of carbonyl (C=O) groups excluding carboxylic acids is 1. The number of carboxylic acid groups (broad SMARTS) is 1. The molecule has 4 rings (SSSR count). The third-order valence-electron chi connectivity index (χ3n) is 5.57. The Hall–Kier alpha value is -3.80. The molecule has 1 atom stereocenters. The summed E-state index contributed by atoms with van der Waals surface area (Å²) in [5, 5.41) is 21.6. The van der Waals surface area contributed by atoms with E-state index in [0.29, 0.717) is 5.56 Å². The zero-order valence-corrected chi connectivity index (χ0v) is 16.3. The van der Waals surface area contributed by atoms with Gasteiger partial charge in [0, 0.05) is 5.92 Å². The first-order valence-electron chi connectivity index (χ1n) is 9.56. The van der Waals surface area contributed by atoms with Gasteiger partial charge in [-0.15, -0.1) is 0 Å². The lowest BCUT2D eigenvalue weighted by atomic mass is 9.92. The van der Waals surface area contributed by atoms with Crippen LogP contribution in [0.25, 0.3) is 11.1 Å². The monoisotopic (exact) mass is 403 g/mol. The van der Waals surface area contributed by atoms with Gasteiger partial charge in [0.2, 0.25) is 0 Å². The average molecular weight is 403 g/mol. The molecular formula is C24H21NO5. The average Bonchev–Trinajstić information content (AvgIpc) is 3.06. The number of aliphatic carboxylic acids is 1. The maximum atomic E-state index is 12.5. The van der Waals surface area contributed by atoms with Crippen LogP contribution in [0.2, 0.25) is 0 Å². The molecule has 0 fully saturated rings. The smallest absolute Gasteiger partial charge is 0.408 e. The highest BCUT2D eigenvalue weighted by Crippen LogP contribution is 2.44. The molecule has 0 aliphatic heterocycles. The molecule has 30 heavy (non-hydrogen) atoms. The van der Waals surface area contributed by atoms with Crippen LogP contribution in [0.15, 0.2) is 72.8 Å². The minimum absolute atomic E-state index is 0.00706. The van der Waals surface area contributed by atoms with E-state index >= 15 is 0 Å². The standard InChI is InChI=1S/C24H21NO5/c1-24(22(27)28,15-10-12-16(26)13-11-15)25-23(29)30-14-21-19-8-4-2-6-17(19)18-7-3-5-9-20(18)21/h2-13,21,26H,14H2,1H3,(H,25,29)(H,27,28)/t24-/m1/s1. The number of phenols is 1. The summed E-state index contributed by atoms with van der Waals surface area (Å²) in [5.74, 6) is -1.35. The second-order valence-corrected chi connectivity index (χ2v) is 7.43. The van der Waals surface area contributed by atoms with Crippen LogP contribution in [-0.4, -0.2) is 28.9 Å². The number of rotatable bonds is 5. The van der Waals surface area contributed by atoms with Crippen molar-refractivity contribution < 1.29 is 24.5 Å². The van der Waals surface area contributed by atoms with Crippen LogP contribution < -0.4 is 5.32 Å². The summed E-state index contributed by atoms with van der Waals surface area (Å²) in [5.41, 5.74) is 3.00. The highest BCUT2D eigenvalue weighted by atomic mass is 16.5. The predicted molar refractivity (Wildman–Crippen MR) is 111 cm³/mol. The number of phenolic OH excluding ortho intramolecular Hbond substituents is 1. The molecule has 1 amide bonds. The van der Waals surface area contributed by atoms with Crippen molar-refractivity contribution >= 4 is 12.1 Å².